The topological polar surface area (TPSA) is 60.9 Å². The quantitative estimate of drug-likeness (QED) is 0.935. The zero-order valence-electron chi connectivity index (χ0n) is 13.6. The van der Waals surface area contributed by atoms with E-state index in [0.717, 1.165) is 25.6 Å². The van der Waals surface area contributed by atoms with Gasteiger partial charge in [0, 0.05) is 56.8 Å². The van der Waals surface area contributed by atoms with Crippen LogP contribution in [0.5, 0.6) is 0 Å². The standard InChI is InChI=1S/C16H24N6/c1-12-7-19-20-15(12)14-5-4-6-22(11-14)10-13-8-17-16(18-9-13)21(2)3/h7-9,14H,4-6,10-11H2,1-3H3,(H,19,20). The Morgan fingerprint density at radius 1 is 1.27 bits per heavy atom. The van der Waals surface area contributed by atoms with Crippen LogP contribution in [-0.4, -0.2) is 52.3 Å². The molecule has 0 aliphatic carbocycles. The highest BCUT2D eigenvalue weighted by molar-refractivity contribution is 5.26. The summed E-state index contributed by atoms with van der Waals surface area (Å²) in [6.45, 7) is 5.25. The van der Waals surface area contributed by atoms with Gasteiger partial charge in [0.05, 0.1) is 6.20 Å². The number of nitrogens with zero attached hydrogens (tertiary/aromatic N) is 5. The molecule has 118 valence electrons. The van der Waals surface area contributed by atoms with Crippen LogP contribution in [0.4, 0.5) is 5.95 Å². The van der Waals surface area contributed by atoms with Gasteiger partial charge in [-0.1, -0.05) is 0 Å². The smallest absolute Gasteiger partial charge is 0.224 e. The fourth-order valence-electron chi connectivity index (χ4n) is 3.12. The summed E-state index contributed by atoms with van der Waals surface area (Å²) < 4.78 is 0. The number of rotatable bonds is 4. The van der Waals surface area contributed by atoms with E-state index in [1.165, 1.54) is 29.7 Å². The van der Waals surface area contributed by atoms with Crippen LogP contribution < -0.4 is 4.90 Å². The van der Waals surface area contributed by atoms with Gasteiger partial charge in [-0.15, -0.1) is 0 Å². The van der Waals surface area contributed by atoms with E-state index in [1.807, 2.05) is 37.6 Å². The van der Waals surface area contributed by atoms with E-state index in [-0.39, 0.29) is 0 Å². The fraction of sp³-hybridized carbons (Fsp3) is 0.562. The summed E-state index contributed by atoms with van der Waals surface area (Å²) in [5, 5.41) is 7.34. The lowest BCUT2D eigenvalue weighted by atomic mass is 9.93. The maximum atomic E-state index is 4.40. The predicted molar refractivity (Wildman–Crippen MR) is 86.9 cm³/mol. The van der Waals surface area contributed by atoms with Gasteiger partial charge in [-0.25, -0.2) is 9.97 Å². The minimum atomic E-state index is 0.554. The maximum absolute atomic E-state index is 4.40. The third-order valence-electron chi connectivity index (χ3n) is 4.28. The van der Waals surface area contributed by atoms with Crippen molar-refractivity contribution in [2.24, 2.45) is 0 Å². The molecule has 3 rings (SSSR count). The number of hydrogen-bond donors (Lipinski definition) is 1. The lowest BCUT2D eigenvalue weighted by Gasteiger charge is -2.32. The van der Waals surface area contributed by atoms with Crippen LogP contribution in [0.2, 0.25) is 0 Å². The molecule has 0 radical (unpaired) electrons. The first-order valence-electron chi connectivity index (χ1n) is 7.84. The number of aryl methyl sites for hydroxylation is 1. The molecule has 22 heavy (non-hydrogen) atoms. The van der Waals surface area contributed by atoms with E-state index in [9.17, 15) is 0 Å². The van der Waals surface area contributed by atoms with Crippen molar-refractivity contribution in [1.29, 1.82) is 0 Å². The van der Waals surface area contributed by atoms with Crippen LogP contribution in [0.15, 0.2) is 18.6 Å². The summed E-state index contributed by atoms with van der Waals surface area (Å²) in [5.74, 6) is 1.31. The van der Waals surface area contributed by atoms with E-state index in [2.05, 4.69) is 32.0 Å². The van der Waals surface area contributed by atoms with Crippen molar-refractivity contribution in [3.63, 3.8) is 0 Å². The Kier molecular flexibility index (Phi) is 4.38. The molecular weight excluding hydrogens is 276 g/mol. The largest absolute Gasteiger partial charge is 0.347 e. The van der Waals surface area contributed by atoms with Gasteiger partial charge in [-0.3, -0.25) is 10.00 Å². The molecule has 1 unspecified atom stereocenters. The summed E-state index contributed by atoms with van der Waals surface area (Å²) in [6, 6.07) is 0. The summed E-state index contributed by atoms with van der Waals surface area (Å²) in [4.78, 5) is 13.2. The summed E-state index contributed by atoms with van der Waals surface area (Å²) in [5.41, 5.74) is 3.74. The second kappa shape index (κ2) is 6.44. The van der Waals surface area contributed by atoms with Crippen LogP contribution in [0, 0.1) is 6.92 Å². The number of aromatic nitrogens is 4. The van der Waals surface area contributed by atoms with Gasteiger partial charge in [0.1, 0.15) is 0 Å². The first kappa shape index (κ1) is 15.0. The minimum Gasteiger partial charge on any atom is -0.347 e. The molecule has 1 saturated heterocycles. The Hall–Kier alpha value is -1.95. The number of piperidine rings is 1. The molecule has 6 heteroatoms. The average molecular weight is 300 g/mol. The Morgan fingerprint density at radius 3 is 2.68 bits per heavy atom. The Bertz CT molecular complexity index is 603. The molecule has 0 saturated carbocycles. The maximum Gasteiger partial charge on any atom is 0.224 e. The summed E-state index contributed by atoms with van der Waals surface area (Å²) >= 11 is 0. The summed E-state index contributed by atoms with van der Waals surface area (Å²) in [6.07, 6.45) is 8.25. The second-order valence-corrected chi connectivity index (χ2v) is 6.33. The zero-order chi connectivity index (χ0) is 15.5. The lowest BCUT2D eigenvalue weighted by Crippen LogP contribution is -2.34. The highest BCUT2D eigenvalue weighted by Gasteiger charge is 2.23. The van der Waals surface area contributed by atoms with Crippen LogP contribution in [0.3, 0.4) is 0 Å². The SMILES string of the molecule is Cc1cn[nH]c1C1CCCN(Cc2cnc(N(C)C)nc2)C1. The molecule has 0 aromatic carbocycles. The average Bonchev–Trinajstić information content (AvgIpc) is 2.94. The number of likely N-dealkylation sites (tertiary alicyclic amines) is 1. The third-order valence-corrected chi connectivity index (χ3v) is 4.28. The van der Waals surface area contributed by atoms with Gasteiger partial charge in [0.25, 0.3) is 0 Å². The molecule has 1 fully saturated rings. The first-order valence-corrected chi connectivity index (χ1v) is 7.84. The summed E-state index contributed by atoms with van der Waals surface area (Å²) in [7, 11) is 3.91. The molecule has 6 nitrogen and oxygen atoms in total. The molecule has 2 aromatic heterocycles. The normalized spacial score (nSPS) is 19.3. The van der Waals surface area contributed by atoms with Crippen LogP contribution in [0.25, 0.3) is 0 Å². The zero-order valence-corrected chi connectivity index (χ0v) is 13.6. The van der Waals surface area contributed by atoms with E-state index in [0.29, 0.717) is 5.92 Å². The van der Waals surface area contributed by atoms with Crippen LogP contribution in [0.1, 0.15) is 35.6 Å². The number of hydrogen-bond acceptors (Lipinski definition) is 5. The Labute approximate surface area is 131 Å². The Balaban J connectivity index is 1.64. The molecule has 2 aromatic rings. The highest BCUT2D eigenvalue weighted by atomic mass is 15.2. The molecule has 1 N–H and O–H groups in total. The lowest BCUT2D eigenvalue weighted by molar-refractivity contribution is 0.198. The molecule has 1 aliphatic heterocycles. The number of aromatic amines is 1. The second-order valence-electron chi connectivity index (χ2n) is 6.33. The molecule has 3 heterocycles. The Morgan fingerprint density at radius 2 is 2.05 bits per heavy atom. The molecule has 1 aliphatic rings. The van der Waals surface area contributed by atoms with E-state index in [1.54, 1.807) is 0 Å². The van der Waals surface area contributed by atoms with Crippen molar-refractivity contribution in [3.05, 3.63) is 35.4 Å². The van der Waals surface area contributed by atoms with E-state index in [4.69, 9.17) is 0 Å². The molecular formula is C16H24N6. The monoisotopic (exact) mass is 300 g/mol. The predicted octanol–water partition coefficient (Wildman–Crippen LogP) is 1.95. The van der Waals surface area contributed by atoms with E-state index >= 15 is 0 Å². The van der Waals surface area contributed by atoms with Crippen molar-refractivity contribution < 1.29 is 0 Å². The number of anilines is 1. The van der Waals surface area contributed by atoms with E-state index < -0.39 is 0 Å². The first-order chi connectivity index (χ1) is 10.6. The van der Waals surface area contributed by atoms with Gasteiger partial charge >= 0.3 is 0 Å². The van der Waals surface area contributed by atoms with Gasteiger partial charge in [-0.05, 0) is 31.9 Å². The van der Waals surface area contributed by atoms with Crippen molar-refractivity contribution in [3.8, 4) is 0 Å². The van der Waals surface area contributed by atoms with Crippen molar-refractivity contribution in [1.82, 2.24) is 25.1 Å². The van der Waals surface area contributed by atoms with Gasteiger partial charge < -0.3 is 4.90 Å². The van der Waals surface area contributed by atoms with Crippen LogP contribution in [-0.2, 0) is 6.54 Å². The van der Waals surface area contributed by atoms with Crippen molar-refractivity contribution >= 4 is 5.95 Å². The van der Waals surface area contributed by atoms with Crippen molar-refractivity contribution in [2.75, 3.05) is 32.1 Å². The molecule has 0 bridgehead atoms. The minimum absolute atomic E-state index is 0.554. The molecule has 0 amide bonds. The third kappa shape index (κ3) is 3.27. The number of nitrogens with one attached hydrogen (secondary N) is 1. The highest BCUT2D eigenvalue weighted by Crippen LogP contribution is 2.28. The van der Waals surface area contributed by atoms with Crippen molar-refractivity contribution in [2.45, 2.75) is 32.2 Å². The van der Waals surface area contributed by atoms with Crippen LogP contribution >= 0.6 is 0 Å². The van der Waals surface area contributed by atoms with Gasteiger partial charge in [0.2, 0.25) is 5.95 Å². The molecule has 1 atom stereocenters. The van der Waals surface area contributed by atoms with Gasteiger partial charge in [0.15, 0.2) is 0 Å². The molecule has 0 spiro atoms. The van der Waals surface area contributed by atoms with Gasteiger partial charge in [-0.2, -0.15) is 5.10 Å². The number of H-pyrrole nitrogens is 1. The fourth-order valence-corrected chi connectivity index (χ4v) is 3.12.